The molecule has 0 saturated heterocycles. The monoisotopic (exact) mass is 203 g/mol. The maximum atomic E-state index is 5.48. The number of rotatable bonds is 7. The summed E-state index contributed by atoms with van der Waals surface area (Å²) in [6, 6.07) is 2.05. The molecule has 0 radical (unpaired) electrons. The zero-order valence-electron chi connectivity index (χ0n) is 9.17. The van der Waals surface area contributed by atoms with Gasteiger partial charge in [-0.2, -0.15) is 0 Å². The molecule has 0 heterocycles. The Morgan fingerprint density at radius 2 is 1.92 bits per heavy atom. The predicted molar refractivity (Wildman–Crippen MR) is 58.7 cm³/mol. The van der Waals surface area contributed by atoms with Crippen LogP contribution in [0.25, 0.3) is 0 Å². The highest BCUT2D eigenvalue weighted by Gasteiger charge is 2.32. The molecular weight excluding hydrogens is 182 g/mol. The van der Waals surface area contributed by atoms with E-state index in [1.165, 1.54) is 0 Å². The lowest BCUT2D eigenvalue weighted by Crippen LogP contribution is -2.39. The lowest BCUT2D eigenvalue weighted by molar-refractivity contribution is 0.242. The van der Waals surface area contributed by atoms with Crippen LogP contribution in [0.5, 0.6) is 0 Å². The van der Waals surface area contributed by atoms with Crippen molar-refractivity contribution in [1.82, 2.24) is 0 Å². The van der Waals surface area contributed by atoms with Crippen LogP contribution in [0.1, 0.15) is 20.3 Å². The smallest absolute Gasteiger partial charge is 0.337 e. The van der Waals surface area contributed by atoms with E-state index in [1.807, 2.05) is 13.1 Å². The lowest BCUT2D eigenvalue weighted by Gasteiger charge is -2.25. The van der Waals surface area contributed by atoms with Crippen LogP contribution in [0, 0.1) is 0 Å². The maximum absolute atomic E-state index is 5.48. The van der Waals surface area contributed by atoms with Gasteiger partial charge < -0.3 is 8.85 Å². The van der Waals surface area contributed by atoms with E-state index in [0.717, 1.165) is 25.1 Å². The Morgan fingerprint density at radius 1 is 1.31 bits per heavy atom. The molecule has 0 aliphatic rings. The van der Waals surface area contributed by atoms with Gasteiger partial charge in [-0.15, -0.1) is 0 Å². The summed E-state index contributed by atoms with van der Waals surface area (Å²) in [5, 5.41) is 0. The topological polar surface area (TPSA) is 30.8 Å². The summed E-state index contributed by atoms with van der Waals surface area (Å²) in [5.41, 5.74) is 0. The van der Waals surface area contributed by atoms with Crippen LogP contribution >= 0.6 is 0 Å². The molecule has 78 valence electrons. The molecule has 0 aliphatic carbocycles. The third kappa shape index (κ3) is 4.54. The van der Waals surface area contributed by atoms with Crippen molar-refractivity contribution in [1.29, 1.82) is 0 Å². The number of nitrogens with zero attached hydrogens (tertiary/aromatic N) is 1. The van der Waals surface area contributed by atoms with E-state index in [9.17, 15) is 0 Å². The van der Waals surface area contributed by atoms with Gasteiger partial charge in [-0.05, 0) is 31.6 Å². The zero-order valence-corrected chi connectivity index (χ0v) is 10.2. The molecule has 0 rings (SSSR count). The van der Waals surface area contributed by atoms with Gasteiger partial charge in [0, 0.05) is 20.8 Å². The molecule has 0 bridgehead atoms. The van der Waals surface area contributed by atoms with E-state index < -0.39 is 8.56 Å². The van der Waals surface area contributed by atoms with Crippen molar-refractivity contribution in [3.8, 4) is 0 Å². The number of hydrogen-bond donors (Lipinski definition) is 0. The predicted octanol–water partition coefficient (Wildman–Crippen LogP) is 2.22. The summed E-state index contributed by atoms with van der Waals surface area (Å²) < 4.78 is 11.0. The first kappa shape index (κ1) is 12.8. The summed E-state index contributed by atoms with van der Waals surface area (Å²) in [6.45, 7) is 4.96. The van der Waals surface area contributed by atoms with Crippen molar-refractivity contribution in [2.45, 2.75) is 32.4 Å². The van der Waals surface area contributed by atoms with Gasteiger partial charge in [0.1, 0.15) is 0 Å². The Hall–Kier alpha value is -0.193. The second-order valence-electron chi connectivity index (χ2n) is 2.94. The van der Waals surface area contributed by atoms with Gasteiger partial charge >= 0.3 is 8.56 Å². The van der Waals surface area contributed by atoms with E-state index in [-0.39, 0.29) is 0 Å². The van der Waals surface area contributed by atoms with Gasteiger partial charge in [0.25, 0.3) is 0 Å². The minimum Gasteiger partial charge on any atom is -0.398 e. The Kier molecular flexibility index (Phi) is 7.13. The van der Waals surface area contributed by atoms with Crippen molar-refractivity contribution in [2.75, 3.05) is 20.8 Å². The Bertz CT molecular complexity index is 138. The van der Waals surface area contributed by atoms with Gasteiger partial charge in [0.2, 0.25) is 0 Å². The first-order chi connectivity index (χ1) is 6.24. The Morgan fingerprint density at radius 3 is 2.31 bits per heavy atom. The third-order valence-corrected chi connectivity index (χ3v) is 5.99. The molecule has 0 aromatic carbocycles. The fourth-order valence-corrected chi connectivity index (χ4v) is 3.52. The Labute approximate surface area is 82.4 Å². The van der Waals surface area contributed by atoms with Crippen LogP contribution in [0.15, 0.2) is 4.99 Å². The Balaban J connectivity index is 3.81. The molecule has 3 nitrogen and oxygen atoms in total. The first-order valence-electron chi connectivity index (χ1n) is 4.79. The maximum Gasteiger partial charge on any atom is 0.337 e. The summed E-state index contributed by atoms with van der Waals surface area (Å²) in [5.74, 6) is 0. The van der Waals surface area contributed by atoms with Crippen LogP contribution < -0.4 is 0 Å². The summed E-state index contributed by atoms with van der Waals surface area (Å²) >= 11 is 0. The summed E-state index contributed by atoms with van der Waals surface area (Å²) in [4.78, 5) is 4.16. The molecule has 0 unspecified atom stereocenters. The van der Waals surface area contributed by atoms with Gasteiger partial charge in [0.15, 0.2) is 0 Å². The minimum absolute atomic E-state index is 0.887. The molecule has 0 spiro atoms. The van der Waals surface area contributed by atoms with E-state index in [0.29, 0.717) is 0 Å². The first-order valence-corrected chi connectivity index (χ1v) is 7.02. The third-order valence-electron chi connectivity index (χ3n) is 2.31. The lowest BCUT2D eigenvalue weighted by atomic mass is 10.5. The van der Waals surface area contributed by atoms with E-state index in [2.05, 4.69) is 11.9 Å². The van der Waals surface area contributed by atoms with Crippen molar-refractivity contribution in [3.63, 3.8) is 0 Å². The largest absolute Gasteiger partial charge is 0.398 e. The normalized spacial score (nSPS) is 12.6. The molecule has 0 atom stereocenters. The van der Waals surface area contributed by atoms with E-state index in [1.54, 1.807) is 14.2 Å². The SMILES string of the molecule is CC=NCCC[Si](CC)(OC)OC. The second kappa shape index (κ2) is 7.23. The minimum atomic E-state index is -1.84. The quantitative estimate of drug-likeness (QED) is 0.361. The standard InChI is InChI=1S/C9H21NO2Si/c1-5-10-8-7-9-13(6-2,11-3)12-4/h5H,6-9H2,1-4H3. The van der Waals surface area contributed by atoms with Gasteiger partial charge in [-0.3, -0.25) is 4.99 Å². The number of hydrogen-bond acceptors (Lipinski definition) is 3. The van der Waals surface area contributed by atoms with Crippen molar-refractivity contribution < 1.29 is 8.85 Å². The summed E-state index contributed by atoms with van der Waals surface area (Å²) in [7, 11) is 1.66. The molecule has 0 N–H and O–H groups in total. The number of aliphatic imine (C=N–C) groups is 1. The van der Waals surface area contributed by atoms with Crippen LogP contribution in [0.3, 0.4) is 0 Å². The zero-order chi connectivity index (χ0) is 10.2. The molecule has 0 amide bonds. The van der Waals surface area contributed by atoms with Crippen molar-refractivity contribution in [2.24, 2.45) is 4.99 Å². The highest BCUT2D eigenvalue weighted by atomic mass is 28.4. The molecule has 0 saturated carbocycles. The van der Waals surface area contributed by atoms with Crippen molar-refractivity contribution >= 4 is 14.8 Å². The van der Waals surface area contributed by atoms with Crippen LogP contribution in [-0.2, 0) is 8.85 Å². The van der Waals surface area contributed by atoms with Gasteiger partial charge in [-0.25, -0.2) is 0 Å². The molecule has 0 aliphatic heterocycles. The fraction of sp³-hybridized carbons (Fsp3) is 0.889. The molecule has 0 aromatic heterocycles. The molecule has 13 heavy (non-hydrogen) atoms. The van der Waals surface area contributed by atoms with Gasteiger partial charge in [0.05, 0.1) is 0 Å². The highest BCUT2D eigenvalue weighted by Crippen LogP contribution is 2.18. The van der Waals surface area contributed by atoms with E-state index in [4.69, 9.17) is 8.85 Å². The van der Waals surface area contributed by atoms with E-state index >= 15 is 0 Å². The second-order valence-corrected chi connectivity index (χ2v) is 6.79. The molecule has 0 aromatic rings. The average molecular weight is 203 g/mol. The van der Waals surface area contributed by atoms with Crippen LogP contribution in [0.4, 0.5) is 0 Å². The highest BCUT2D eigenvalue weighted by molar-refractivity contribution is 6.67. The molecular formula is C9H21NO2Si. The average Bonchev–Trinajstić information content (AvgIpc) is 2.20. The van der Waals surface area contributed by atoms with Crippen LogP contribution in [-0.4, -0.2) is 35.5 Å². The summed E-state index contributed by atoms with van der Waals surface area (Å²) in [6.07, 6.45) is 2.90. The molecule has 0 fully saturated rings. The fourth-order valence-electron chi connectivity index (χ4n) is 1.32. The van der Waals surface area contributed by atoms with Crippen molar-refractivity contribution in [3.05, 3.63) is 0 Å². The van der Waals surface area contributed by atoms with Gasteiger partial charge in [-0.1, -0.05) is 6.92 Å². The molecule has 4 heteroatoms. The van der Waals surface area contributed by atoms with Crippen LogP contribution in [0.2, 0.25) is 12.1 Å².